The van der Waals surface area contributed by atoms with Crippen molar-refractivity contribution in [2.24, 2.45) is 0 Å². The van der Waals surface area contributed by atoms with E-state index in [0.717, 1.165) is 5.56 Å². The van der Waals surface area contributed by atoms with Gasteiger partial charge in [-0.1, -0.05) is 6.07 Å². The fraction of sp³-hybridized carbons (Fsp3) is 0.333. The zero-order chi connectivity index (χ0) is 12.3. The average Bonchev–Trinajstić information content (AvgIpc) is 2.26. The Labute approximate surface area is 94.7 Å². The van der Waals surface area contributed by atoms with Crippen LogP contribution in [0, 0.1) is 18.3 Å². The number of nitriles is 1. The molecule has 0 fully saturated rings. The third-order valence-corrected chi connectivity index (χ3v) is 2.59. The van der Waals surface area contributed by atoms with Gasteiger partial charge in [0.15, 0.2) is 0 Å². The van der Waals surface area contributed by atoms with E-state index in [1.54, 1.807) is 31.0 Å². The first kappa shape index (κ1) is 12.1. The monoisotopic (exact) mass is 218 g/mol. The van der Waals surface area contributed by atoms with Crippen molar-refractivity contribution < 1.29 is 9.90 Å². The number of hydrogen-bond donors (Lipinski definition) is 1. The molecule has 1 aromatic carbocycles. The predicted octanol–water partition coefficient (Wildman–Crippen LogP) is 1.78. The largest absolute Gasteiger partial charge is 0.480 e. The van der Waals surface area contributed by atoms with Gasteiger partial charge in [-0.3, -0.25) is 0 Å². The first-order valence-corrected chi connectivity index (χ1v) is 4.93. The maximum Gasteiger partial charge on any atom is 0.326 e. The number of aliphatic carboxylic acids is 1. The van der Waals surface area contributed by atoms with Crippen molar-refractivity contribution in [2.75, 3.05) is 11.9 Å². The molecule has 0 aliphatic heterocycles. The first-order valence-electron chi connectivity index (χ1n) is 4.93. The van der Waals surface area contributed by atoms with Crippen LogP contribution >= 0.6 is 0 Å². The number of likely N-dealkylation sites (N-methyl/N-ethyl adjacent to an activating group) is 1. The van der Waals surface area contributed by atoms with Crippen molar-refractivity contribution in [1.82, 2.24) is 0 Å². The van der Waals surface area contributed by atoms with Gasteiger partial charge in [0.1, 0.15) is 12.1 Å². The van der Waals surface area contributed by atoms with Gasteiger partial charge >= 0.3 is 5.97 Å². The van der Waals surface area contributed by atoms with E-state index in [2.05, 4.69) is 6.07 Å². The number of carbonyl (C=O) groups is 1. The van der Waals surface area contributed by atoms with Crippen LogP contribution in [0.2, 0.25) is 0 Å². The Hall–Kier alpha value is -2.02. The molecule has 0 saturated heterocycles. The van der Waals surface area contributed by atoms with Crippen molar-refractivity contribution >= 4 is 11.7 Å². The second-order valence-electron chi connectivity index (χ2n) is 3.76. The summed E-state index contributed by atoms with van der Waals surface area (Å²) >= 11 is 0. The molecule has 0 bridgehead atoms. The quantitative estimate of drug-likeness (QED) is 0.839. The van der Waals surface area contributed by atoms with Crippen LogP contribution in [-0.4, -0.2) is 24.2 Å². The number of carboxylic acids is 1. The Bertz CT molecular complexity index is 449. The zero-order valence-corrected chi connectivity index (χ0v) is 9.56. The highest BCUT2D eigenvalue weighted by molar-refractivity contribution is 5.78. The Morgan fingerprint density at radius 2 is 2.19 bits per heavy atom. The van der Waals surface area contributed by atoms with Crippen molar-refractivity contribution in [1.29, 1.82) is 5.26 Å². The van der Waals surface area contributed by atoms with Crippen molar-refractivity contribution in [3.63, 3.8) is 0 Å². The normalized spacial score (nSPS) is 11.6. The van der Waals surface area contributed by atoms with Crippen LogP contribution in [-0.2, 0) is 4.79 Å². The highest BCUT2D eigenvalue weighted by Crippen LogP contribution is 2.21. The fourth-order valence-electron chi connectivity index (χ4n) is 1.42. The molecule has 16 heavy (non-hydrogen) atoms. The lowest BCUT2D eigenvalue weighted by Gasteiger charge is -2.24. The molecule has 0 amide bonds. The Morgan fingerprint density at radius 1 is 1.56 bits per heavy atom. The van der Waals surface area contributed by atoms with Crippen molar-refractivity contribution in [3.05, 3.63) is 29.3 Å². The molecule has 1 aromatic rings. The van der Waals surface area contributed by atoms with Gasteiger partial charge in [-0.15, -0.1) is 0 Å². The number of rotatable bonds is 3. The summed E-state index contributed by atoms with van der Waals surface area (Å²) in [4.78, 5) is 12.4. The SMILES string of the molecule is Cc1ccc(N(C)C(C)C(=O)O)c(C#N)c1. The third-order valence-electron chi connectivity index (χ3n) is 2.59. The second kappa shape index (κ2) is 4.67. The van der Waals surface area contributed by atoms with Gasteiger partial charge in [0.25, 0.3) is 0 Å². The molecule has 84 valence electrons. The van der Waals surface area contributed by atoms with Crippen LogP contribution in [0.4, 0.5) is 5.69 Å². The maximum absolute atomic E-state index is 10.9. The number of nitrogens with zero attached hydrogens (tertiary/aromatic N) is 2. The predicted molar refractivity (Wildman–Crippen MR) is 61.4 cm³/mol. The molecule has 1 unspecified atom stereocenters. The number of hydrogen-bond acceptors (Lipinski definition) is 3. The lowest BCUT2D eigenvalue weighted by atomic mass is 10.1. The highest BCUT2D eigenvalue weighted by Gasteiger charge is 2.19. The van der Waals surface area contributed by atoms with Crippen molar-refractivity contribution in [3.8, 4) is 6.07 Å². The molecule has 0 aliphatic carbocycles. The highest BCUT2D eigenvalue weighted by atomic mass is 16.4. The van der Waals surface area contributed by atoms with Gasteiger partial charge in [0.2, 0.25) is 0 Å². The number of benzene rings is 1. The maximum atomic E-state index is 10.9. The molecule has 1 N–H and O–H groups in total. The van der Waals surface area contributed by atoms with Crippen LogP contribution in [0.3, 0.4) is 0 Å². The summed E-state index contributed by atoms with van der Waals surface area (Å²) in [6.07, 6.45) is 0. The third kappa shape index (κ3) is 2.31. The van der Waals surface area contributed by atoms with Crippen LogP contribution in [0.15, 0.2) is 18.2 Å². The molecule has 1 atom stereocenters. The molecule has 0 aromatic heterocycles. The van der Waals surface area contributed by atoms with Gasteiger partial charge in [-0.25, -0.2) is 4.79 Å². The minimum Gasteiger partial charge on any atom is -0.480 e. The van der Waals surface area contributed by atoms with Gasteiger partial charge in [-0.05, 0) is 31.5 Å². The van der Waals surface area contributed by atoms with E-state index in [1.807, 2.05) is 13.0 Å². The molecular weight excluding hydrogens is 204 g/mol. The Morgan fingerprint density at radius 3 is 2.69 bits per heavy atom. The fourth-order valence-corrected chi connectivity index (χ4v) is 1.42. The topological polar surface area (TPSA) is 64.3 Å². The average molecular weight is 218 g/mol. The summed E-state index contributed by atoms with van der Waals surface area (Å²) in [5, 5.41) is 17.9. The van der Waals surface area contributed by atoms with E-state index >= 15 is 0 Å². The first-order chi connectivity index (χ1) is 7.47. The van der Waals surface area contributed by atoms with Gasteiger partial charge in [0.05, 0.1) is 11.3 Å². The summed E-state index contributed by atoms with van der Waals surface area (Å²) in [5.41, 5.74) is 2.12. The van der Waals surface area contributed by atoms with E-state index < -0.39 is 12.0 Å². The standard InChI is InChI=1S/C12H14N2O2/c1-8-4-5-11(10(6-8)7-13)14(3)9(2)12(15)16/h4-6,9H,1-3H3,(H,15,16). The van der Waals surface area contributed by atoms with E-state index in [1.165, 1.54) is 0 Å². The number of aryl methyl sites for hydroxylation is 1. The molecule has 4 heteroatoms. The molecular formula is C12H14N2O2. The number of anilines is 1. The molecule has 0 radical (unpaired) electrons. The summed E-state index contributed by atoms with van der Waals surface area (Å²) in [7, 11) is 1.67. The Kier molecular flexibility index (Phi) is 3.51. The van der Waals surface area contributed by atoms with Gasteiger partial charge in [-0.2, -0.15) is 5.26 Å². The number of carboxylic acid groups (broad SMARTS) is 1. The minimum atomic E-state index is -0.910. The zero-order valence-electron chi connectivity index (χ0n) is 9.56. The summed E-state index contributed by atoms with van der Waals surface area (Å²) in [6.45, 7) is 3.48. The molecule has 0 spiro atoms. The smallest absolute Gasteiger partial charge is 0.326 e. The van der Waals surface area contributed by atoms with E-state index in [4.69, 9.17) is 10.4 Å². The van der Waals surface area contributed by atoms with Gasteiger partial charge < -0.3 is 10.0 Å². The molecule has 0 aliphatic rings. The summed E-state index contributed by atoms with van der Waals surface area (Å²) < 4.78 is 0. The van der Waals surface area contributed by atoms with E-state index in [9.17, 15) is 4.79 Å². The second-order valence-corrected chi connectivity index (χ2v) is 3.76. The molecule has 0 saturated carbocycles. The van der Waals surface area contributed by atoms with Crippen LogP contribution in [0.1, 0.15) is 18.1 Å². The summed E-state index contributed by atoms with van der Waals surface area (Å²) in [5.74, 6) is -0.910. The molecule has 1 rings (SSSR count). The summed E-state index contributed by atoms with van der Waals surface area (Å²) in [6, 6.07) is 6.80. The Balaban J connectivity index is 3.14. The van der Waals surface area contributed by atoms with Crippen LogP contribution < -0.4 is 4.90 Å². The van der Waals surface area contributed by atoms with Crippen molar-refractivity contribution in [2.45, 2.75) is 19.9 Å². The molecule has 4 nitrogen and oxygen atoms in total. The molecule has 0 heterocycles. The lowest BCUT2D eigenvalue weighted by Crippen LogP contribution is -2.36. The van der Waals surface area contributed by atoms with Crippen LogP contribution in [0.25, 0.3) is 0 Å². The van der Waals surface area contributed by atoms with E-state index in [-0.39, 0.29) is 0 Å². The van der Waals surface area contributed by atoms with E-state index in [0.29, 0.717) is 11.3 Å². The van der Waals surface area contributed by atoms with Crippen LogP contribution in [0.5, 0.6) is 0 Å². The lowest BCUT2D eigenvalue weighted by molar-refractivity contribution is -0.138. The van der Waals surface area contributed by atoms with Gasteiger partial charge in [0, 0.05) is 7.05 Å². The minimum absolute atomic E-state index is 0.496.